The van der Waals surface area contributed by atoms with E-state index in [4.69, 9.17) is 21.1 Å². The highest BCUT2D eigenvalue weighted by Crippen LogP contribution is 2.35. The summed E-state index contributed by atoms with van der Waals surface area (Å²) in [5.74, 6) is 1.53. The van der Waals surface area contributed by atoms with Gasteiger partial charge < -0.3 is 14.8 Å². The van der Waals surface area contributed by atoms with E-state index in [1.165, 1.54) is 0 Å². The van der Waals surface area contributed by atoms with Crippen LogP contribution in [0.1, 0.15) is 22.7 Å². The second-order valence-electron chi connectivity index (χ2n) is 4.85. The Labute approximate surface area is 130 Å². The van der Waals surface area contributed by atoms with Crippen molar-refractivity contribution in [2.45, 2.75) is 13.0 Å². The Balaban J connectivity index is 2.50. The molecule has 112 valence electrons. The van der Waals surface area contributed by atoms with Crippen molar-refractivity contribution in [1.29, 1.82) is 0 Å². The Morgan fingerprint density at radius 3 is 2.29 bits per heavy atom. The van der Waals surface area contributed by atoms with Crippen molar-refractivity contribution in [2.24, 2.45) is 0 Å². The third-order valence-corrected chi connectivity index (χ3v) is 3.83. The molecule has 1 unspecified atom stereocenters. The fourth-order valence-electron chi connectivity index (χ4n) is 2.40. The lowest BCUT2D eigenvalue weighted by Gasteiger charge is -2.21. The van der Waals surface area contributed by atoms with Gasteiger partial charge >= 0.3 is 0 Å². The van der Waals surface area contributed by atoms with E-state index in [0.717, 1.165) is 33.2 Å². The van der Waals surface area contributed by atoms with Crippen LogP contribution in [0.4, 0.5) is 0 Å². The van der Waals surface area contributed by atoms with Crippen LogP contribution in [0.25, 0.3) is 0 Å². The Bertz CT molecular complexity index is 628. The predicted octanol–water partition coefficient (Wildman–Crippen LogP) is 3.97. The average molecular weight is 306 g/mol. The Morgan fingerprint density at radius 2 is 1.71 bits per heavy atom. The molecule has 0 aliphatic heterocycles. The first kappa shape index (κ1) is 15.7. The number of benzene rings is 2. The molecule has 1 atom stereocenters. The molecule has 0 amide bonds. The number of aryl methyl sites for hydroxylation is 1. The minimum absolute atomic E-state index is 0.0426. The van der Waals surface area contributed by atoms with Crippen LogP contribution in [0.2, 0.25) is 5.02 Å². The molecule has 0 fully saturated rings. The molecule has 0 saturated heterocycles. The molecule has 0 bridgehead atoms. The lowest BCUT2D eigenvalue weighted by atomic mass is 9.97. The first-order valence-electron chi connectivity index (χ1n) is 6.76. The van der Waals surface area contributed by atoms with E-state index < -0.39 is 0 Å². The smallest absolute Gasteiger partial charge is 0.127 e. The molecule has 2 aromatic rings. The van der Waals surface area contributed by atoms with Gasteiger partial charge in [-0.05, 0) is 43.3 Å². The first-order chi connectivity index (χ1) is 10.1. The van der Waals surface area contributed by atoms with Gasteiger partial charge in [-0.15, -0.1) is 0 Å². The van der Waals surface area contributed by atoms with Gasteiger partial charge in [0.1, 0.15) is 11.5 Å². The molecular formula is C17H20ClNO2. The van der Waals surface area contributed by atoms with Crippen molar-refractivity contribution in [3.8, 4) is 11.5 Å². The van der Waals surface area contributed by atoms with E-state index in [2.05, 4.69) is 11.4 Å². The fourth-order valence-corrected chi connectivity index (χ4v) is 2.75. The highest BCUT2D eigenvalue weighted by Gasteiger charge is 2.19. The van der Waals surface area contributed by atoms with Crippen molar-refractivity contribution in [2.75, 3.05) is 21.3 Å². The molecule has 1 N–H and O–H groups in total. The molecule has 4 heteroatoms. The summed E-state index contributed by atoms with van der Waals surface area (Å²) in [5, 5.41) is 4.04. The first-order valence-corrected chi connectivity index (χ1v) is 7.13. The van der Waals surface area contributed by atoms with Crippen LogP contribution in [-0.4, -0.2) is 21.3 Å². The van der Waals surface area contributed by atoms with Crippen molar-refractivity contribution in [3.63, 3.8) is 0 Å². The number of nitrogens with one attached hydrogen (secondary N) is 1. The maximum absolute atomic E-state index is 6.40. The summed E-state index contributed by atoms with van der Waals surface area (Å²) in [6, 6.07) is 11.8. The minimum Gasteiger partial charge on any atom is -0.497 e. The summed E-state index contributed by atoms with van der Waals surface area (Å²) in [6.07, 6.45) is 0. The third-order valence-electron chi connectivity index (χ3n) is 3.51. The van der Waals surface area contributed by atoms with Gasteiger partial charge in [-0.2, -0.15) is 0 Å². The summed E-state index contributed by atoms with van der Waals surface area (Å²) >= 11 is 6.40. The molecule has 0 radical (unpaired) electrons. The summed E-state index contributed by atoms with van der Waals surface area (Å²) in [5.41, 5.74) is 3.18. The average Bonchev–Trinajstić information content (AvgIpc) is 2.50. The number of rotatable bonds is 5. The fraction of sp³-hybridized carbons (Fsp3) is 0.294. The largest absolute Gasteiger partial charge is 0.497 e. The highest BCUT2D eigenvalue weighted by atomic mass is 35.5. The van der Waals surface area contributed by atoms with E-state index in [1.54, 1.807) is 14.2 Å². The van der Waals surface area contributed by atoms with Crippen LogP contribution < -0.4 is 14.8 Å². The summed E-state index contributed by atoms with van der Waals surface area (Å²) in [4.78, 5) is 0. The summed E-state index contributed by atoms with van der Waals surface area (Å²) < 4.78 is 10.7. The van der Waals surface area contributed by atoms with Gasteiger partial charge in [0.2, 0.25) is 0 Å². The zero-order valence-corrected chi connectivity index (χ0v) is 13.5. The summed E-state index contributed by atoms with van der Waals surface area (Å²) in [7, 11) is 5.20. The molecule has 3 nitrogen and oxygen atoms in total. The van der Waals surface area contributed by atoms with Crippen LogP contribution in [0.15, 0.2) is 36.4 Å². The van der Waals surface area contributed by atoms with E-state index in [9.17, 15) is 0 Å². The van der Waals surface area contributed by atoms with Gasteiger partial charge in [0.05, 0.1) is 20.3 Å². The third kappa shape index (κ3) is 3.31. The minimum atomic E-state index is -0.0426. The van der Waals surface area contributed by atoms with Crippen LogP contribution in [0, 0.1) is 6.92 Å². The van der Waals surface area contributed by atoms with Crippen LogP contribution in [-0.2, 0) is 0 Å². The second-order valence-corrected chi connectivity index (χ2v) is 5.26. The molecule has 0 heterocycles. The molecule has 0 spiro atoms. The molecule has 0 aromatic heterocycles. The topological polar surface area (TPSA) is 30.5 Å². The van der Waals surface area contributed by atoms with E-state index in [-0.39, 0.29) is 6.04 Å². The molecule has 21 heavy (non-hydrogen) atoms. The van der Waals surface area contributed by atoms with E-state index in [0.29, 0.717) is 0 Å². The molecule has 0 saturated carbocycles. The van der Waals surface area contributed by atoms with Crippen molar-refractivity contribution >= 4 is 11.6 Å². The standard InChI is InChI=1S/C17H20ClNO2/c1-11-5-7-13(15(18)9-11)17(19-2)14-8-6-12(20-3)10-16(14)21-4/h5-10,17,19H,1-4H3. The van der Waals surface area contributed by atoms with Crippen molar-refractivity contribution in [3.05, 3.63) is 58.1 Å². The Kier molecular flexibility index (Phi) is 5.10. The SMILES string of the molecule is CNC(c1ccc(C)cc1Cl)c1ccc(OC)cc1OC. The van der Waals surface area contributed by atoms with Gasteiger partial charge in [-0.25, -0.2) is 0 Å². The van der Waals surface area contributed by atoms with Crippen molar-refractivity contribution < 1.29 is 9.47 Å². The number of halogens is 1. The van der Waals surface area contributed by atoms with E-state index >= 15 is 0 Å². The second kappa shape index (κ2) is 6.83. The van der Waals surface area contributed by atoms with Gasteiger partial charge in [0, 0.05) is 16.7 Å². The molecule has 2 aromatic carbocycles. The number of hydrogen-bond acceptors (Lipinski definition) is 3. The van der Waals surface area contributed by atoms with Crippen LogP contribution in [0.3, 0.4) is 0 Å². The lowest BCUT2D eigenvalue weighted by molar-refractivity contribution is 0.388. The van der Waals surface area contributed by atoms with Gasteiger partial charge in [0.15, 0.2) is 0 Å². The monoisotopic (exact) mass is 305 g/mol. The molecule has 2 rings (SSSR count). The van der Waals surface area contributed by atoms with Gasteiger partial charge in [-0.1, -0.05) is 23.7 Å². The van der Waals surface area contributed by atoms with Crippen LogP contribution in [0.5, 0.6) is 11.5 Å². The van der Waals surface area contributed by atoms with E-state index in [1.807, 2.05) is 44.3 Å². The quantitative estimate of drug-likeness (QED) is 0.906. The lowest BCUT2D eigenvalue weighted by Crippen LogP contribution is -2.19. The predicted molar refractivity (Wildman–Crippen MR) is 86.6 cm³/mol. The molecule has 0 aliphatic rings. The normalized spacial score (nSPS) is 12.0. The number of hydrogen-bond donors (Lipinski definition) is 1. The van der Waals surface area contributed by atoms with Crippen molar-refractivity contribution in [1.82, 2.24) is 5.32 Å². The number of methoxy groups -OCH3 is 2. The van der Waals surface area contributed by atoms with Gasteiger partial charge in [0.25, 0.3) is 0 Å². The zero-order valence-electron chi connectivity index (χ0n) is 12.7. The molecule has 0 aliphatic carbocycles. The summed E-state index contributed by atoms with van der Waals surface area (Å²) in [6.45, 7) is 2.03. The van der Waals surface area contributed by atoms with Crippen LogP contribution >= 0.6 is 11.6 Å². The Morgan fingerprint density at radius 1 is 1.00 bits per heavy atom. The zero-order chi connectivity index (χ0) is 15.4. The maximum Gasteiger partial charge on any atom is 0.127 e. The maximum atomic E-state index is 6.40. The Hall–Kier alpha value is -1.71. The van der Waals surface area contributed by atoms with Gasteiger partial charge in [-0.3, -0.25) is 0 Å². The highest BCUT2D eigenvalue weighted by molar-refractivity contribution is 6.31. The molecular weight excluding hydrogens is 286 g/mol. The number of ether oxygens (including phenoxy) is 2.